The van der Waals surface area contributed by atoms with Gasteiger partial charge in [-0.15, -0.1) is 0 Å². The van der Waals surface area contributed by atoms with Crippen LogP contribution < -0.4 is 16.0 Å². The van der Waals surface area contributed by atoms with E-state index in [4.69, 9.17) is 0 Å². The Labute approximate surface area is 132 Å². The minimum absolute atomic E-state index is 0.142. The van der Waals surface area contributed by atoms with Crippen molar-refractivity contribution >= 4 is 23.5 Å². The molecule has 4 nitrogen and oxygen atoms in total. The topological polar surface area (TPSA) is 53.2 Å². The van der Waals surface area contributed by atoms with Gasteiger partial charge >= 0.3 is 6.03 Å². The molecule has 3 N–H and O–H groups in total. The van der Waals surface area contributed by atoms with Gasteiger partial charge in [-0.05, 0) is 49.1 Å². The number of nitrogens with one attached hydrogen (secondary N) is 3. The average Bonchev–Trinajstić information content (AvgIpc) is 2.46. The summed E-state index contributed by atoms with van der Waals surface area (Å²) in [4.78, 5) is 11.9. The van der Waals surface area contributed by atoms with Gasteiger partial charge in [-0.2, -0.15) is 11.8 Å². The molecular weight excluding hydrogens is 282 g/mol. The lowest BCUT2D eigenvalue weighted by Crippen LogP contribution is -2.33. The second-order valence-electron chi connectivity index (χ2n) is 5.30. The predicted molar refractivity (Wildman–Crippen MR) is 93.1 cm³/mol. The fraction of sp³-hybridized carbons (Fsp3) is 0.562. The van der Waals surface area contributed by atoms with Crippen LogP contribution in [0, 0.1) is 5.92 Å². The summed E-state index contributed by atoms with van der Waals surface area (Å²) in [7, 11) is 0. The smallest absolute Gasteiger partial charge is 0.319 e. The van der Waals surface area contributed by atoms with Gasteiger partial charge in [-0.25, -0.2) is 4.79 Å². The first kappa shape index (κ1) is 17.9. The lowest BCUT2D eigenvalue weighted by molar-refractivity contribution is 0.251. The molecule has 0 fully saturated rings. The maximum Gasteiger partial charge on any atom is 0.319 e. The minimum Gasteiger partial charge on any atom is -0.338 e. The molecule has 0 radical (unpaired) electrons. The van der Waals surface area contributed by atoms with Gasteiger partial charge in [0.1, 0.15) is 0 Å². The van der Waals surface area contributed by atoms with Gasteiger partial charge in [0.15, 0.2) is 0 Å². The van der Waals surface area contributed by atoms with Gasteiger partial charge in [-0.3, -0.25) is 0 Å². The van der Waals surface area contributed by atoms with E-state index in [1.807, 2.05) is 18.2 Å². The molecule has 0 bridgehead atoms. The summed E-state index contributed by atoms with van der Waals surface area (Å²) >= 11 is 1.80. The molecule has 0 spiro atoms. The zero-order valence-electron chi connectivity index (χ0n) is 13.4. The molecule has 2 atom stereocenters. The number of carbonyl (C=O) groups excluding carboxylic acids is 1. The minimum atomic E-state index is -0.142. The Bertz CT molecular complexity index is 439. The van der Waals surface area contributed by atoms with Crippen LogP contribution in [0.1, 0.15) is 32.4 Å². The van der Waals surface area contributed by atoms with Crippen LogP contribution in [0.3, 0.4) is 0 Å². The zero-order chi connectivity index (χ0) is 15.7. The molecule has 2 amide bonds. The summed E-state index contributed by atoms with van der Waals surface area (Å²) in [6.45, 7) is 7.96. The first-order valence-electron chi connectivity index (χ1n) is 7.44. The number of amides is 2. The standard InChI is InChI=1S/C16H27N3OS/c1-5-17-13(3)14-7-6-8-15(9-14)19-16(20)18-10-12(2)11-21-4/h6-9,12-13,17H,5,10-11H2,1-4H3,(H2,18,19,20). The lowest BCUT2D eigenvalue weighted by Gasteiger charge is -2.15. The molecule has 118 valence electrons. The Kier molecular flexibility index (Phi) is 8.23. The van der Waals surface area contributed by atoms with Crippen molar-refractivity contribution in [2.24, 2.45) is 5.92 Å². The molecule has 21 heavy (non-hydrogen) atoms. The summed E-state index contributed by atoms with van der Waals surface area (Å²) < 4.78 is 0. The molecular formula is C16H27N3OS. The van der Waals surface area contributed by atoms with Crippen molar-refractivity contribution in [2.45, 2.75) is 26.8 Å². The maximum atomic E-state index is 11.9. The summed E-state index contributed by atoms with van der Waals surface area (Å²) in [5.41, 5.74) is 2.00. The van der Waals surface area contributed by atoms with Gasteiger partial charge in [0, 0.05) is 18.3 Å². The van der Waals surface area contributed by atoms with Crippen molar-refractivity contribution in [1.29, 1.82) is 0 Å². The molecule has 0 aliphatic carbocycles. The predicted octanol–water partition coefficient (Wildman–Crippen LogP) is 3.48. The normalized spacial score (nSPS) is 13.5. The molecule has 0 aromatic heterocycles. The Balaban J connectivity index is 2.50. The fourth-order valence-corrected chi connectivity index (χ4v) is 2.78. The number of hydrogen-bond acceptors (Lipinski definition) is 3. The SMILES string of the molecule is CCNC(C)c1cccc(NC(=O)NCC(C)CSC)c1. The Morgan fingerprint density at radius 2 is 2.10 bits per heavy atom. The maximum absolute atomic E-state index is 11.9. The van der Waals surface area contributed by atoms with E-state index in [0.717, 1.165) is 18.0 Å². The molecule has 5 heteroatoms. The Morgan fingerprint density at radius 1 is 1.33 bits per heavy atom. The van der Waals surface area contributed by atoms with Gasteiger partial charge < -0.3 is 16.0 Å². The van der Waals surface area contributed by atoms with Crippen molar-refractivity contribution in [3.63, 3.8) is 0 Å². The van der Waals surface area contributed by atoms with Crippen LogP contribution in [-0.4, -0.2) is 31.1 Å². The average molecular weight is 309 g/mol. The highest BCUT2D eigenvalue weighted by molar-refractivity contribution is 7.98. The molecule has 2 unspecified atom stereocenters. The second kappa shape index (κ2) is 9.68. The van der Waals surface area contributed by atoms with E-state index in [9.17, 15) is 4.79 Å². The zero-order valence-corrected chi connectivity index (χ0v) is 14.2. The fourth-order valence-electron chi connectivity index (χ4n) is 2.10. The summed E-state index contributed by atoms with van der Waals surface area (Å²) in [5, 5.41) is 9.17. The Morgan fingerprint density at radius 3 is 2.76 bits per heavy atom. The number of rotatable bonds is 8. The molecule has 1 aromatic rings. The van der Waals surface area contributed by atoms with Crippen LogP contribution in [0.2, 0.25) is 0 Å². The van der Waals surface area contributed by atoms with Gasteiger partial charge in [0.25, 0.3) is 0 Å². The molecule has 0 heterocycles. The van der Waals surface area contributed by atoms with Gasteiger partial charge in [-0.1, -0.05) is 26.0 Å². The molecule has 0 saturated carbocycles. The lowest BCUT2D eigenvalue weighted by atomic mass is 10.1. The monoisotopic (exact) mass is 309 g/mol. The van der Waals surface area contributed by atoms with E-state index in [-0.39, 0.29) is 12.1 Å². The van der Waals surface area contributed by atoms with Crippen molar-refractivity contribution in [2.75, 3.05) is 30.4 Å². The summed E-state index contributed by atoms with van der Waals surface area (Å²) in [6, 6.07) is 8.09. The summed E-state index contributed by atoms with van der Waals surface area (Å²) in [6.07, 6.45) is 2.08. The second-order valence-corrected chi connectivity index (χ2v) is 6.21. The number of benzene rings is 1. The first-order valence-corrected chi connectivity index (χ1v) is 8.83. The van der Waals surface area contributed by atoms with Crippen molar-refractivity contribution in [1.82, 2.24) is 10.6 Å². The number of anilines is 1. The molecule has 0 aliphatic heterocycles. The molecule has 0 aliphatic rings. The van der Waals surface area contributed by atoms with Crippen LogP contribution in [0.5, 0.6) is 0 Å². The third kappa shape index (κ3) is 6.87. The van der Waals surface area contributed by atoms with Crippen molar-refractivity contribution in [3.8, 4) is 0 Å². The quantitative estimate of drug-likeness (QED) is 0.689. The highest BCUT2D eigenvalue weighted by Gasteiger charge is 2.07. The van der Waals surface area contributed by atoms with E-state index >= 15 is 0 Å². The largest absolute Gasteiger partial charge is 0.338 e. The number of thioether (sulfide) groups is 1. The van der Waals surface area contributed by atoms with Crippen LogP contribution in [0.25, 0.3) is 0 Å². The van der Waals surface area contributed by atoms with Crippen LogP contribution in [0.15, 0.2) is 24.3 Å². The number of hydrogen-bond donors (Lipinski definition) is 3. The third-order valence-corrected chi connectivity index (χ3v) is 4.12. The van der Waals surface area contributed by atoms with Gasteiger partial charge in [0.05, 0.1) is 0 Å². The van der Waals surface area contributed by atoms with E-state index in [1.54, 1.807) is 11.8 Å². The van der Waals surface area contributed by atoms with E-state index in [0.29, 0.717) is 12.5 Å². The third-order valence-electron chi connectivity index (χ3n) is 3.22. The molecule has 1 aromatic carbocycles. The molecule has 0 saturated heterocycles. The van der Waals surface area contributed by atoms with E-state index in [2.05, 4.69) is 49.0 Å². The van der Waals surface area contributed by atoms with E-state index < -0.39 is 0 Å². The van der Waals surface area contributed by atoms with Gasteiger partial charge in [0.2, 0.25) is 0 Å². The Hall–Kier alpha value is -1.20. The molecule has 1 rings (SSSR count). The highest BCUT2D eigenvalue weighted by atomic mass is 32.2. The highest BCUT2D eigenvalue weighted by Crippen LogP contribution is 2.17. The number of urea groups is 1. The first-order chi connectivity index (χ1) is 10.1. The van der Waals surface area contributed by atoms with Crippen LogP contribution in [0.4, 0.5) is 10.5 Å². The number of carbonyl (C=O) groups is 1. The summed E-state index contributed by atoms with van der Waals surface area (Å²) in [5.74, 6) is 1.53. The van der Waals surface area contributed by atoms with Crippen molar-refractivity contribution in [3.05, 3.63) is 29.8 Å². The van der Waals surface area contributed by atoms with Crippen molar-refractivity contribution < 1.29 is 4.79 Å². The van der Waals surface area contributed by atoms with Crippen LogP contribution >= 0.6 is 11.8 Å². The van der Waals surface area contributed by atoms with Crippen LogP contribution in [-0.2, 0) is 0 Å². The van der Waals surface area contributed by atoms with E-state index in [1.165, 1.54) is 5.56 Å².